The number of nitrogens with zero attached hydrogens (tertiary/aromatic N) is 2. The Hall–Kier alpha value is -0.270. The van der Waals surface area contributed by atoms with Crippen molar-refractivity contribution in [3.8, 4) is 0 Å². The van der Waals surface area contributed by atoms with Gasteiger partial charge in [0.05, 0.1) is 0 Å². The summed E-state index contributed by atoms with van der Waals surface area (Å²) in [4.78, 5) is 10.6. The first-order valence-electron chi connectivity index (χ1n) is 4.56. The molecule has 1 aromatic rings. The van der Waals surface area contributed by atoms with Crippen LogP contribution in [-0.4, -0.2) is 34.2 Å². The summed E-state index contributed by atoms with van der Waals surface area (Å²) in [5, 5.41) is 10.8. The van der Waals surface area contributed by atoms with Gasteiger partial charge in [-0.25, -0.2) is 0 Å². The molecule has 4 nitrogen and oxygen atoms in total. The van der Waals surface area contributed by atoms with E-state index < -0.39 is 0 Å². The predicted molar refractivity (Wildman–Crippen MR) is 65.7 cm³/mol. The summed E-state index contributed by atoms with van der Waals surface area (Å²) in [5.41, 5.74) is 0. The second-order valence-electron chi connectivity index (χ2n) is 2.60. The zero-order valence-electron chi connectivity index (χ0n) is 8.65. The molecular weight excluding hydrogens is 250 g/mol. The number of hydrogen-bond donors (Lipinski definition) is 1. The van der Waals surface area contributed by atoms with Crippen molar-refractivity contribution in [2.24, 2.45) is 0 Å². The fourth-order valence-corrected chi connectivity index (χ4v) is 3.65. The molecule has 0 bridgehead atoms. The van der Waals surface area contributed by atoms with E-state index in [0.717, 1.165) is 20.2 Å². The van der Waals surface area contributed by atoms with E-state index in [4.69, 9.17) is 0 Å². The van der Waals surface area contributed by atoms with Crippen LogP contribution in [0.1, 0.15) is 13.8 Å². The molecule has 1 aromatic heterocycles. The quantitative estimate of drug-likeness (QED) is 0.627. The van der Waals surface area contributed by atoms with Crippen LogP contribution in [0.4, 0.5) is 0 Å². The Morgan fingerprint density at radius 2 is 2.07 bits per heavy atom. The van der Waals surface area contributed by atoms with Crippen molar-refractivity contribution < 1.29 is 4.79 Å². The zero-order chi connectivity index (χ0) is 11.1. The highest BCUT2D eigenvalue weighted by molar-refractivity contribution is 8.03. The molecule has 0 aliphatic rings. The average molecular weight is 263 g/mol. The van der Waals surface area contributed by atoms with Crippen molar-refractivity contribution in [1.82, 2.24) is 15.5 Å². The maximum Gasteiger partial charge on any atom is 0.216 e. The van der Waals surface area contributed by atoms with Gasteiger partial charge in [-0.1, -0.05) is 41.8 Å². The lowest BCUT2D eigenvalue weighted by Gasteiger charge is -1.98. The standard InChI is InChI=1S/C8H13N3OS3/c1-3-13-7-10-11-8(15-7)14-5-4-9-6(2)12/h3-5H2,1-2H3,(H,9,12). The molecule has 0 saturated heterocycles. The summed E-state index contributed by atoms with van der Waals surface area (Å²) in [7, 11) is 0. The van der Waals surface area contributed by atoms with E-state index >= 15 is 0 Å². The number of rotatable bonds is 6. The van der Waals surface area contributed by atoms with Gasteiger partial charge in [-0.3, -0.25) is 4.79 Å². The maximum absolute atomic E-state index is 10.6. The molecule has 1 rings (SSSR count). The molecule has 15 heavy (non-hydrogen) atoms. The van der Waals surface area contributed by atoms with Crippen molar-refractivity contribution in [2.45, 2.75) is 22.5 Å². The number of amides is 1. The van der Waals surface area contributed by atoms with Gasteiger partial charge in [-0.05, 0) is 5.75 Å². The number of nitrogens with one attached hydrogen (secondary N) is 1. The van der Waals surface area contributed by atoms with Crippen LogP contribution < -0.4 is 5.32 Å². The Morgan fingerprint density at radius 1 is 1.40 bits per heavy atom. The number of carbonyl (C=O) groups is 1. The van der Waals surface area contributed by atoms with Crippen LogP contribution in [0.25, 0.3) is 0 Å². The maximum atomic E-state index is 10.6. The lowest BCUT2D eigenvalue weighted by atomic mass is 10.6. The molecule has 0 unspecified atom stereocenters. The summed E-state index contributed by atoms with van der Waals surface area (Å²) < 4.78 is 1.98. The van der Waals surface area contributed by atoms with Gasteiger partial charge in [0.15, 0.2) is 8.68 Å². The molecule has 0 aliphatic carbocycles. The second-order valence-corrected chi connectivity index (χ2v) is 6.43. The third kappa shape index (κ3) is 5.39. The van der Waals surface area contributed by atoms with E-state index in [-0.39, 0.29) is 5.91 Å². The summed E-state index contributed by atoms with van der Waals surface area (Å²) in [6.45, 7) is 4.29. The third-order valence-electron chi connectivity index (χ3n) is 1.36. The van der Waals surface area contributed by atoms with Gasteiger partial charge in [0.1, 0.15) is 0 Å². The zero-order valence-corrected chi connectivity index (χ0v) is 11.1. The summed E-state index contributed by atoms with van der Waals surface area (Å²) in [6, 6.07) is 0. The minimum absolute atomic E-state index is 0.00934. The van der Waals surface area contributed by atoms with Crippen LogP contribution in [0, 0.1) is 0 Å². The van der Waals surface area contributed by atoms with Gasteiger partial charge in [-0.15, -0.1) is 10.2 Å². The molecule has 0 saturated carbocycles. The van der Waals surface area contributed by atoms with Crippen molar-refractivity contribution >= 4 is 40.8 Å². The van der Waals surface area contributed by atoms with Crippen LogP contribution >= 0.6 is 34.9 Å². The van der Waals surface area contributed by atoms with Gasteiger partial charge in [0.2, 0.25) is 5.91 Å². The number of aromatic nitrogens is 2. The van der Waals surface area contributed by atoms with Gasteiger partial charge < -0.3 is 5.32 Å². The smallest absolute Gasteiger partial charge is 0.216 e. The number of hydrogen-bond acceptors (Lipinski definition) is 6. The molecule has 84 valence electrons. The molecule has 1 amide bonds. The third-order valence-corrected chi connectivity index (χ3v) is 4.43. The van der Waals surface area contributed by atoms with Crippen LogP contribution in [-0.2, 0) is 4.79 Å². The molecule has 0 aromatic carbocycles. The first-order valence-corrected chi connectivity index (χ1v) is 7.34. The van der Waals surface area contributed by atoms with Crippen LogP contribution in [0.15, 0.2) is 8.68 Å². The average Bonchev–Trinajstić information content (AvgIpc) is 2.61. The molecule has 7 heteroatoms. The van der Waals surface area contributed by atoms with E-state index in [2.05, 4.69) is 22.4 Å². The Bertz CT molecular complexity index is 316. The minimum atomic E-state index is 0.00934. The summed E-state index contributed by atoms with van der Waals surface area (Å²) >= 11 is 4.94. The predicted octanol–water partition coefficient (Wildman–Crippen LogP) is 1.88. The molecule has 0 aliphatic heterocycles. The molecule has 0 atom stereocenters. The molecule has 1 N–H and O–H groups in total. The normalized spacial score (nSPS) is 10.3. The van der Waals surface area contributed by atoms with Crippen molar-refractivity contribution in [2.75, 3.05) is 18.1 Å². The Kier molecular flexibility index (Phi) is 6.04. The van der Waals surface area contributed by atoms with Crippen LogP contribution in [0.5, 0.6) is 0 Å². The summed E-state index contributed by atoms with van der Waals surface area (Å²) in [5.74, 6) is 1.87. The number of carbonyl (C=O) groups excluding carboxylic acids is 1. The molecule has 1 heterocycles. The highest BCUT2D eigenvalue weighted by Crippen LogP contribution is 2.28. The van der Waals surface area contributed by atoms with Gasteiger partial charge >= 0.3 is 0 Å². The topological polar surface area (TPSA) is 54.9 Å². The van der Waals surface area contributed by atoms with Crippen LogP contribution in [0.3, 0.4) is 0 Å². The van der Waals surface area contributed by atoms with Crippen molar-refractivity contribution in [1.29, 1.82) is 0 Å². The number of thioether (sulfide) groups is 2. The van der Waals surface area contributed by atoms with E-state index in [9.17, 15) is 4.79 Å². The second kappa shape index (κ2) is 7.08. The van der Waals surface area contributed by atoms with E-state index in [1.54, 1.807) is 34.9 Å². The monoisotopic (exact) mass is 263 g/mol. The van der Waals surface area contributed by atoms with Gasteiger partial charge in [0.25, 0.3) is 0 Å². The van der Waals surface area contributed by atoms with Gasteiger partial charge in [0, 0.05) is 19.2 Å². The molecular formula is C8H13N3OS3. The van der Waals surface area contributed by atoms with Crippen LogP contribution in [0.2, 0.25) is 0 Å². The van der Waals surface area contributed by atoms with E-state index in [1.807, 2.05) is 0 Å². The first-order chi connectivity index (χ1) is 7.22. The fourth-order valence-electron chi connectivity index (χ4n) is 0.803. The SMILES string of the molecule is CCSc1nnc(SCCNC(C)=O)s1. The lowest BCUT2D eigenvalue weighted by Crippen LogP contribution is -2.22. The van der Waals surface area contributed by atoms with Gasteiger partial charge in [-0.2, -0.15) is 0 Å². The Balaban J connectivity index is 2.22. The highest BCUT2D eigenvalue weighted by Gasteiger charge is 2.03. The summed E-state index contributed by atoms with van der Waals surface area (Å²) in [6.07, 6.45) is 0. The fraction of sp³-hybridized carbons (Fsp3) is 0.625. The Morgan fingerprint density at radius 3 is 2.67 bits per heavy atom. The lowest BCUT2D eigenvalue weighted by molar-refractivity contribution is -0.118. The molecule has 0 spiro atoms. The largest absolute Gasteiger partial charge is 0.356 e. The molecule has 0 fully saturated rings. The van der Waals surface area contributed by atoms with Crippen molar-refractivity contribution in [3.05, 3.63) is 0 Å². The van der Waals surface area contributed by atoms with Crippen molar-refractivity contribution in [3.63, 3.8) is 0 Å². The Labute approximate surface area is 102 Å². The molecule has 0 radical (unpaired) electrons. The minimum Gasteiger partial charge on any atom is -0.356 e. The first kappa shape index (κ1) is 12.8. The van der Waals surface area contributed by atoms with E-state index in [1.165, 1.54) is 6.92 Å². The highest BCUT2D eigenvalue weighted by atomic mass is 32.2. The van der Waals surface area contributed by atoms with E-state index in [0.29, 0.717) is 6.54 Å².